The zero-order valence-electron chi connectivity index (χ0n) is 13.4. The van der Waals surface area contributed by atoms with Gasteiger partial charge in [-0.25, -0.2) is 0 Å². The number of carbonyl (C=O) groups is 1. The number of ether oxygens (including phenoxy) is 1. The number of piperazine rings is 1. The van der Waals surface area contributed by atoms with Crippen LogP contribution in [0.2, 0.25) is 15.1 Å². The van der Waals surface area contributed by atoms with Crippen LogP contribution < -0.4 is 9.64 Å². The fraction of sp³-hybridized carbons (Fsp3) is 0.278. The lowest BCUT2D eigenvalue weighted by molar-refractivity contribution is -0.133. The Morgan fingerprint density at radius 1 is 0.920 bits per heavy atom. The zero-order valence-corrected chi connectivity index (χ0v) is 15.7. The van der Waals surface area contributed by atoms with Crippen molar-refractivity contribution in [3.05, 3.63) is 57.5 Å². The second-order valence-corrected chi connectivity index (χ2v) is 7.05. The Labute approximate surface area is 161 Å². The maximum atomic E-state index is 12.3. The molecular formula is C18H17Cl3N2O2. The number of nitrogens with zero attached hydrogens (tertiary/aromatic N) is 2. The second kappa shape index (κ2) is 8.17. The van der Waals surface area contributed by atoms with E-state index in [1.165, 1.54) is 0 Å². The molecular weight excluding hydrogens is 383 g/mol. The van der Waals surface area contributed by atoms with Crippen molar-refractivity contribution in [1.82, 2.24) is 4.90 Å². The lowest BCUT2D eigenvalue weighted by Gasteiger charge is -2.36. The van der Waals surface area contributed by atoms with E-state index in [9.17, 15) is 4.79 Å². The maximum Gasteiger partial charge on any atom is 0.260 e. The van der Waals surface area contributed by atoms with E-state index in [1.54, 1.807) is 23.1 Å². The molecule has 0 saturated carbocycles. The van der Waals surface area contributed by atoms with Crippen molar-refractivity contribution in [1.29, 1.82) is 0 Å². The molecule has 1 heterocycles. The minimum Gasteiger partial charge on any atom is -0.484 e. The van der Waals surface area contributed by atoms with Gasteiger partial charge in [0, 0.05) is 46.9 Å². The summed E-state index contributed by atoms with van der Waals surface area (Å²) in [6.07, 6.45) is 0. The lowest BCUT2D eigenvalue weighted by Crippen LogP contribution is -2.50. The average molecular weight is 400 g/mol. The van der Waals surface area contributed by atoms with Crippen molar-refractivity contribution < 1.29 is 9.53 Å². The summed E-state index contributed by atoms with van der Waals surface area (Å²) in [7, 11) is 0. The Morgan fingerprint density at radius 3 is 2.24 bits per heavy atom. The maximum absolute atomic E-state index is 12.3. The van der Waals surface area contributed by atoms with Crippen LogP contribution in [0.1, 0.15) is 0 Å². The van der Waals surface area contributed by atoms with Gasteiger partial charge >= 0.3 is 0 Å². The van der Waals surface area contributed by atoms with E-state index in [0.29, 0.717) is 33.9 Å². The van der Waals surface area contributed by atoms with Crippen LogP contribution in [0.4, 0.5) is 5.69 Å². The normalized spacial score (nSPS) is 14.5. The number of halogens is 3. The highest BCUT2D eigenvalue weighted by Gasteiger charge is 2.21. The van der Waals surface area contributed by atoms with E-state index in [1.807, 2.05) is 24.3 Å². The molecule has 1 fully saturated rings. The van der Waals surface area contributed by atoms with E-state index in [-0.39, 0.29) is 12.5 Å². The van der Waals surface area contributed by atoms with Crippen LogP contribution in [0.3, 0.4) is 0 Å². The number of benzene rings is 2. The summed E-state index contributed by atoms with van der Waals surface area (Å²) >= 11 is 17.9. The van der Waals surface area contributed by atoms with Crippen LogP contribution in [0.15, 0.2) is 42.5 Å². The Bertz CT molecular complexity index is 741. The van der Waals surface area contributed by atoms with Gasteiger partial charge in [0.1, 0.15) is 5.75 Å². The van der Waals surface area contributed by atoms with Gasteiger partial charge in [0.25, 0.3) is 5.91 Å². The zero-order chi connectivity index (χ0) is 17.8. The quantitative estimate of drug-likeness (QED) is 0.765. The molecule has 0 radical (unpaired) electrons. The fourth-order valence-electron chi connectivity index (χ4n) is 2.74. The highest BCUT2D eigenvalue weighted by Crippen LogP contribution is 2.24. The molecule has 0 aliphatic carbocycles. The topological polar surface area (TPSA) is 32.8 Å². The molecule has 25 heavy (non-hydrogen) atoms. The molecule has 132 valence electrons. The first-order chi connectivity index (χ1) is 12.0. The predicted molar refractivity (Wildman–Crippen MR) is 102 cm³/mol. The smallest absolute Gasteiger partial charge is 0.260 e. The van der Waals surface area contributed by atoms with Crippen LogP contribution in [-0.2, 0) is 4.79 Å². The van der Waals surface area contributed by atoms with E-state index in [2.05, 4.69) is 4.90 Å². The third-order valence-corrected chi connectivity index (χ3v) is 4.68. The Kier molecular flexibility index (Phi) is 5.94. The van der Waals surface area contributed by atoms with Crippen molar-refractivity contribution in [3.8, 4) is 5.75 Å². The van der Waals surface area contributed by atoms with Crippen LogP contribution in [-0.4, -0.2) is 43.6 Å². The van der Waals surface area contributed by atoms with Crippen molar-refractivity contribution in [2.24, 2.45) is 0 Å². The van der Waals surface area contributed by atoms with Gasteiger partial charge in [-0.05, 0) is 36.4 Å². The third kappa shape index (κ3) is 4.94. The van der Waals surface area contributed by atoms with Crippen molar-refractivity contribution in [2.75, 3.05) is 37.7 Å². The molecule has 1 aliphatic heterocycles. The minimum atomic E-state index is -0.0538. The molecule has 0 aromatic heterocycles. The molecule has 7 heteroatoms. The summed E-state index contributed by atoms with van der Waals surface area (Å²) in [6, 6.07) is 12.6. The third-order valence-electron chi connectivity index (χ3n) is 4.00. The fourth-order valence-corrected chi connectivity index (χ4v) is 3.43. The Hall–Kier alpha value is -1.62. The molecule has 2 aromatic rings. The predicted octanol–water partition coefficient (Wildman–Crippen LogP) is 4.37. The van der Waals surface area contributed by atoms with Gasteiger partial charge in [0.15, 0.2) is 6.61 Å². The molecule has 0 unspecified atom stereocenters. The van der Waals surface area contributed by atoms with Gasteiger partial charge in [-0.15, -0.1) is 0 Å². The SMILES string of the molecule is O=C(COc1cc(Cl)cc(Cl)c1)N1CCN(c2cccc(Cl)c2)CC1. The van der Waals surface area contributed by atoms with Crippen LogP contribution in [0, 0.1) is 0 Å². The van der Waals surface area contributed by atoms with E-state index < -0.39 is 0 Å². The summed E-state index contributed by atoms with van der Waals surface area (Å²) in [6.45, 7) is 2.77. The molecule has 0 bridgehead atoms. The molecule has 3 rings (SSSR count). The molecule has 0 spiro atoms. The number of amides is 1. The van der Waals surface area contributed by atoms with E-state index >= 15 is 0 Å². The van der Waals surface area contributed by atoms with Crippen LogP contribution >= 0.6 is 34.8 Å². The standard InChI is InChI=1S/C18H17Cl3N2O2/c19-13-2-1-3-16(9-13)22-4-6-23(7-5-22)18(24)12-25-17-10-14(20)8-15(21)11-17/h1-3,8-11H,4-7,12H2. The van der Waals surface area contributed by atoms with Crippen LogP contribution in [0.5, 0.6) is 5.75 Å². The Morgan fingerprint density at radius 2 is 1.60 bits per heavy atom. The highest BCUT2D eigenvalue weighted by molar-refractivity contribution is 6.34. The van der Waals surface area contributed by atoms with Gasteiger partial charge in [-0.3, -0.25) is 4.79 Å². The molecule has 1 amide bonds. The van der Waals surface area contributed by atoms with Gasteiger partial charge in [-0.2, -0.15) is 0 Å². The number of anilines is 1. The summed E-state index contributed by atoms with van der Waals surface area (Å²) in [4.78, 5) is 16.3. The first-order valence-corrected chi connectivity index (χ1v) is 9.02. The van der Waals surface area contributed by atoms with E-state index in [0.717, 1.165) is 18.8 Å². The average Bonchev–Trinajstić information content (AvgIpc) is 2.59. The van der Waals surface area contributed by atoms with Gasteiger partial charge in [0.05, 0.1) is 0 Å². The largest absolute Gasteiger partial charge is 0.484 e. The van der Waals surface area contributed by atoms with Crippen LogP contribution in [0.25, 0.3) is 0 Å². The van der Waals surface area contributed by atoms with Crippen molar-refractivity contribution in [2.45, 2.75) is 0 Å². The van der Waals surface area contributed by atoms with Gasteiger partial charge < -0.3 is 14.5 Å². The summed E-state index contributed by atoms with van der Waals surface area (Å²) in [5.41, 5.74) is 1.07. The second-order valence-electron chi connectivity index (χ2n) is 5.74. The molecule has 0 N–H and O–H groups in total. The number of rotatable bonds is 4. The number of hydrogen-bond donors (Lipinski definition) is 0. The summed E-state index contributed by atoms with van der Waals surface area (Å²) in [5, 5.41) is 1.67. The molecule has 1 aliphatic rings. The number of hydrogen-bond acceptors (Lipinski definition) is 3. The number of carbonyl (C=O) groups excluding carboxylic acids is 1. The summed E-state index contributed by atoms with van der Waals surface area (Å²) < 4.78 is 5.52. The van der Waals surface area contributed by atoms with Crippen molar-refractivity contribution >= 4 is 46.4 Å². The minimum absolute atomic E-state index is 0.0339. The van der Waals surface area contributed by atoms with E-state index in [4.69, 9.17) is 39.5 Å². The highest BCUT2D eigenvalue weighted by atomic mass is 35.5. The monoisotopic (exact) mass is 398 g/mol. The molecule has 4 nitrogen and oxygen atoms in total. The summed E-state index contributed by atoms with van der Waals surface area (Å²) in [5.74, 6) is 0.435. The Balaban J connectivity index is 1.51. The first-order valence-electron chi connectivity index (χ1n) is 7.88. The van der Waals surface area contributed by atoms with Gasteiger partial charge in [0.2, 0.25) is 0 Å². The first kappa shape index (κ1) is 18.2. The van der Waals surface area contributed by atoms with Crippen molar-refractivity contribution in [3.63, 3.8) is 0 Å². The molecule has 2 aromatic carbocycles. The van der Waals surface area contributed by atoms with Gasteiger partial charge in [-0.1, -0.05) is 40.9 Å². The molecule has 1 saturated heterocycles. The lowest BCUT2D eigenvalue weighted by atomic mass is 10.2. The molecule has 0 atom stereocenters.